The van der Waals surface area contributed by atoms with Gasteiger partial charge in [0.15, 0.2) is 11.3 Å². The van der Waals surface area contributed by atoms with Crippen LogP contribution in [0.4, 0.5) is 30.8 Å². The minimum atomic E-state index is -4.71. The molecule has 2 fully saturated rings. The standard InChI is InChI=1S/C22H25F3N6O3/c1-21(22(23,24)25)12-30-19(33)7-18(29-9-15-6-14(29)11-34-15)27-20(30)31(21)10-16(32)13-4-5-17(26-8-13)28(2)3/h4-5,7-8,14-15H,6,9-12H2,1-3H3/t14?,15?,21-/m0/s1. The molecule has 0 N–H and O–H groups in total. The highest BCUT2D eigenvalue weighted by Gasteiger charge is 2.60. The summed E-state index contributed by atoms with van der Waals surface area (Å²) in [5, 5.41) is 0. The number of morpholine rings is 1. The van der Waals surface area contributed by atoms with Crippen molar-refractivity contribution in [2.75, 3.05) is 48.5 Å². The van der Waals surface area contributed by atoms with Crippen LogP contribution in [0.1, 0.15) is 23.7 Å². The predicted octanol–water partition coefficient (Wildman–Crippen LogP) is 1.71. The van der Waals surface area contributed by atoms with Crippen LogP contribution in [0.5, 0.6) is 0 Å². The summed E-state index contributed by atoms with van der Waals surface area (Å²) in [4.78, 5) is 39.1. The smallest absolute Gasteiger partial charge is 0.374 e. The first-order chi connectivity index (χ1) is 16.0. The highest BCUT2D eigenvalue weighted by molar-refractivity contribution is 5.99. The van der Waals surface area contributed by atoms with E-state index in [0.717, 1.165) is 22.8 Å². The van der Waals surface area contributed by atoms with Crippen molar-refractivity contribution in [2.24, 2.45) is 0 Å². The second-order valence-electron chi connectivity index (χ2n) is 9.42. The van der Waals surface area contributed by atoms with Crippen molar-refractivity contribution in [3.8, 4) is 0 Å². The number of carbonyl (C=O) groups excluding carboxylic acids is 1. The molecule has 0 amide bonds. The molecule has 2 unspecified atom stereocenters. The van der Waals surface area contributed by atoms with Gasteiger partial charge in [0.05, 0.1) is 31.8 Å². The van der Waals surface area contributed by atoms with Crippen LogP contribution in [0, 0.1) is 0 Å². The lowest BCUT2D eigenvalue weighted by molar-refractivity contribution is -0.181. The van der Waals surface area contributed by atoms with Gasteiger partial charge >= 0.3 is 6.18 Å². The third kappa shape index (κ3) is 3.51. The number of anilines is 3. The topological polar surface area (TPSA) is 83.8 Å². The summed E-state index contributed by atoms with van der Waals surface area (Å²) >= 11 is 0. The van der Waals surface area contributed by atoms with E-state index in [4.69, 9.17) is 4.74 Å². The van der Waals surface area contributed by atoms with Crippen LogP contribution in [-0.2, 0) is 11.3 Å². The molecule has 3 aliphatic rings. The summed E-state index contributed by atoms with van der Waals surface area (Å²) in [6.07, 6.45) is -2.55. The molecule has 0 radical (unpaired) electrons. The lowest BCUT2D eigenvalue weighted by Gasteiger charge is -2.36. The Morgan fingerprint density at radius 1 is 1.32 bits per heavy atom. The first-order valence-corrected chi connectivity index (χ1v) is 11.0. The minimum absolute atomic E-state index is 0.0265. The lowest BCUT2D eigenvalue weighted by atomic mass is 10.00. The van der Waals surface area contributed by atoms with Crippen molar-refractivity contribution in [1.29, 1.82) is 0 Å². The molecular formula is C22H25F3N6O3. The second kappa shape index (κ2) is 7.69. The Morgan fingerprint density at radius 3 is 2.65 bits per heavy atom. The molecule has 9 nitrogen and oxygen atoms in total. The van der Waals surface area contributed by atoms with E-state index in [0.29, 0.717) is 24.8 Å². The van der Waals surface area contributed by atoms with Gasteiger partial charge in [-0.15, -0.1) is 0 Å². The van der Waals surface area contributed by atoms with Crippen molar-refractivity contribution >= 4 is 23.4 Å². The van der Waals surface area contributed by atoms with Gasteiger partial charge in [-0.3, -0.25) is 14.2 Å². The van der Waals surface area contributed by atoms with Crippen LogP contribution in [0.15, 0.2) is 29.2 Å². The van der Waals surface area contributed by atoms with Gasteiger partial charge in [-0.2, -0.15) is 18.2 Å². The maximum atomic E-state index is 14.3. The number of ketones is 1. The quantitative estimate of drug-likeness (QED) is 0.601. The molecular weight excluding hydrogens is 453 g/mol. The van der Waals surface area contributed by atoms with Crippen molar-refractivity contribution in [3.63, 3.8) is 0 Å². The van der Waals surface area contributed by atoms with Crippen LogP contribution < -0.4 is 20.3 Å². The molecule has 34 heavy (non-hydrogen) atoms. The zero-order valence-corrected chi connectivity index (χ0v) is 19.0. The number of hydrogen-bond acceptors (Lipinski definition) is 8. The maximum absolute atomic E-state index is 14.3. The summed E-state index contributed by atoms with van der Waals surface area (Å²) in [7, 11) is 3.58. The number of fused-ring (bicyclic) bond motifs is 3. The van der Waals surface area contributed by atoms with Crippen LogP contribution in [0.2, 0.25) is 0 Å². The average molecular weight is 478 g/mol. The molecule has 182 valence electrons. The first kappa shape index (κ1) is 22.6. The Kier molecular flexibility index (Phi) is 5.12. The Bertz CT molecular complexity index is 1180. The lowest BCUT2D eigenvalue weighted by Crippen LogP contribution is -2.57. The van der Waals surface area contributed by atoms with Crippen LogP contribution in [0.3, 0.4) is 0 Å². The monoisotopic (exact) mass is 478 g/mol. The molecule has 2 aromatic rings. The summed E-state index contributed by atoms with van der Waals surface area (Å²) < 4.78 is 49.4. The molecule has 2 aromatic heterocycles. The number of pyridine rings is 1. The fourth-order valence-corrected chi connectivity index (χ4v) is 4.82. The fourth-order valence-electron chi connectivity index (χ4n) is 4.82. The molecule has 12 heteroatoms. The van der Waals surface area contributed by atoms with Crippen molar-refractivity contribution in [1.82, 2.24) is 14.5 Å². The molecule has 5 heterocycles. The van der Waals surface area contributed by atoms with Gasteiger partial charge in [0.25, 0.3) is 5.56 Å². The number of alkyl halides is 3. The van der Waals surface area contributed by atoms with E-state index >= 15 is 0 Å². The van der Waals surface area contributed by atoms with E-state index < -0.39 is 36.1 Å². The summed E-state index contributed by atoms with van der Waals surface area (Å²) in [6, 6.07) is 4.46. The third-order valence-corrected chi connectivity index (χ3v) is 6.91. The van der Waals surface area contributed by atoms with Gasteiger partial charge < -0.3 is 19.4 Å². The van der Waals surface area contributed by atoms with Crippen LogP contribution in [-0.4, -0.2) is 78.0 Å². The number of Topliss-reactive ketones (excluding diaryl/α,β-unsaturated/α-hetero) is 1. The normalized spacial score (nSPS) is 25.7. The van der Waals surface area contributed by atoms with Crippen LogP contribution >= 0.6 is 0 Å². The van der Waals surface area contributed by atoms with Crippen molar-refractivity contribution < 1.29 is 22.7 Å². The zero-order valence-electron chi connectivity index (χ0n) is 19.0. The Morgan fingerprint density at radius 2 is 2.09 bits per heavy atom. The molecule has 2 saturated heterocycles. The molecule has 5 rings (SSSR count). The number of nitrogens with zero attached hydrogens (tertiary/aromatic N) is 6. The number of ether oxygens (including phenoxy) is 1. The van der Waals surface area contributed by atoms with Gasteiger partial charge in [0.2, 0.25) is 5.95 Å². The van der Waals surface area contributed by atoms with Crippen molar-refractivity contribution in [2.45, 2.75) is 43.8 Å². The van der Waals surface area contributed by atoms with E-state index in [1.165, 1.54) is 18.3 Å². The highest BCUT2D eigenvalue weighted by Crippen LogP contribution is 2.43. The number of hydrogen-bond donors (Lipinski definition) is 0. The number of carbonyl (C=O) groups is 1. The van der Waals surface area contributed by atoms with Gasteiger partial charge in [-0.05, 0) is 25.5 Å². The largest absolute Gasteiger partial charge is 0.413 e. The summed E-state index contributed by atoms with van der Waals surface area (Å²) in [5.41, 5.74) is -2.86. The van der Waals surface area contributed by atoms with E-state index in [-0.39, 0.29) is 23.7 Å². The number of aromatic nitrogens is 3. The molecule has 3 aliphatic heterocycles. The first-order valence-electron chi connectivity index (χ1n) is 11.0. The van der Waals surface area contributed by atoms with Gasteiger partial charge in [-0.25, -0.2) is 4.98 Å². The van der Waals surface area contributed by atoms with Crippen molar-refractivity contribution in [3.05, 3.63) is 40.3 Å². The summed E-state index contributed by atoms with van der Waals surface area (Å²) in [6.45, 7) is 0.776. The molecule has 2 bridgehead atoms. The van der Waals surface area contributed by atoms with E-state index in [2.05, 4.69) is 9.97 Å². The van der Waals surface area contributed by atoms with Gasteiger partial charge in [0.1, 0.15) is 11.6 Å². The van der Waals surface area contributed by atoms with Crippen LogP contribution in [0.25, 0.3) is 0 Å². The molecule has 0 spiro atoms. The highest BCUT2D eigenvalue weighted by atomic mass is 19.4. The SMILES string of the molecule is CN(C)c1ccc(C(=O)CN2c3nc(N4CC5CC4CO5)cc(=O)n3C[C@@]2(C)C(F)(F)F)cn1. The van der Waals surface area contributed by atoms with E-state index in [1.807, 2.05) is 4.90 Å². The van der Waals surface area contributed by atoms with E-state index in [1.54, 1.807) is 25.1 Å². The minimum Gasteiger partial charge on any atom is -0.374 e. The maximum Gasteiger partial charge on any atom is 0.413 e. The molecule has 0 aromatic carbocycles. The number of halogens is 3. The number of rotatable bonds is 5. The average Bonchev–Trinajstić information content (AvgIpc) is 3.48. The predicted molar refractivity (Wildman–Crippen MR) is 119 cm³/mol. The third-order valence-electron chi connectivity index (χ3n) is 6.91. The van der Waals surface area contributed by atoms with Gasteiger partial charge in [0, 0.05) is 38.5 Å². The fraction of sp³-hybridized carbons (Fsp3) is 0.545. The molecule has 3 atom stereocenters. The van der Waals surface area contributed by atoms with E-state index in [9.17, 15) is 22.8 Å². The summed E-state index contributed by atoms with van der Waals surface area (Å²) in [5.74, 6) is 0.227. The molecule has 0 saturated carbocycles. The second-order valence-corrected chi connectivity index (χ2v) is 9.42. The Balaban J connectivity index is 1.52. The Labute approximate surface area is 193 Å². The Hall–Kier alpha value is -3.15. The zero-order chi connectivity index (χ0) is 24.4. The molecule has 0 aliphatic carbocycles. The van der Waals surface area contributed by atoms with Gasteiger partial charge in [-0.1, -0.05) is 0 Å².